The molecule has 2 unspecified atom stereocenters. The van der Waals surface area contributed by atoms with Gasteiger partial charge in [-0.25, -0.2) is 14.0 Å². The topological polar surface area (TPSA) is 82.2 Å². The molecular formula is C29H32ClFN4O4. The van der Waals surface area contributed by atoms with E-state index in [4.69, 9.17) is 16.3 Å². The third-order valence-electron chi connectivity index (χ3n) is 6.87. The van der Waals surface area contributed by atoms with Gasteiger partial charge in [0.25, 0.3) is 5.91 Å². The Morgan fingerprint density at radius 3 is 2.59 bits per heavy atom. The number of rotatable bonds is 8. The summed E-state index contributed by atoms with van der Waals surface area (Å²) in [5, 5.41) is 3.47. The molecule has 2 aliphatic heterocycles. The molecule has 3 amide bonds. The largest absolute Gasteiger partial charge is 0.463 e. The van der Waals surface area contributed by atoms with E-state index in [1.807, 2.05) is 6.92 Å². The molecule has 0 saturated carbocycles. The minimum Gasteiger partial charge on any atom is -0.463 e. The van der Waals surface area contributed by atoms with Crippen LogP contribution in [0.4, 0.5) is 9.18 Å². The average Bonchev–Trinajstić information content (AvgIpc) is 2.91. The van der Waals surface area contributed by atoms with Crippen LogP contribution >= 0.6 is 11.6 Å². The number of carbonyl (C=O) groups is 3. The standard InChI is InChI=1S/C29H32ClFN4O4/c1-4-13-35-24(18-33-14-15-34(19(3)17-33)27(36)21-7-6-8-23(31)16-21)25(28(37)39-5-2)26(32-29(35)38)20-9-11-22(30)12-10-20/h4,6-12,16,19,26H,1,5,13-15,17-18H2,2-3H3,(H,32,38). The zero-order valence-corrected chi connectivity index (χ0v) is 22.8. The van der Waals surface area contributed by atoms with Crippen molar-refractivity contribution >= 4 is 29.5 Å². The summed E-state index contributed by atoms with van der Waals surface area (Å²) in [6, 6.07) is 11.4. The minimum atomic E-state index is -0.724. The summed E-state index contributed by atoms with van der Waals surface area (Å²) < 4.78 is 19.1. The average molecular weight is 555 g/mol. The number of esters is 1. The first kappa shape index (κ1) is 28.3. The summed E-state index contributed by atoms with van der Waals surface area (Å²) in [6.07, 6.45) is 1.60. The molecule has 1 saturated heterocycles. The minimum absolute atomic E-state index is 0.177. The molecule has 1 fully saturated rings. The second-order valence-electron chi connectivity index (χ2n) is 9.51. The summed E-state index contributed by atoms with van der Waals surface area (Å²) in [5.41, 5.74) is 1.86. The fraction of sp³-hybridized carbons (Fsp3) is 0.345. The van der Waals surface area contributed by atoms with Crippen LogP contribution in [-0.2, 0) is 9.53 Å². The van der Waals surface area contributed by atoms with Crippen LogP contribution in [-0.4, -0.2) is 78.0 Å². The van der Waals surface area contributed by atoms with Crippen LogP contribution in [0.5, 0.6) is 0 Å². The van der Waals surface area contributed by atoms with Gasteiger partial charge in [0, 0.05) is 55.0 Å². The van der Waals surface area contributed by atoms with E-state index in [0.29, 0.717) is 47.1 Å². The normalized spacial score (nSPS) is 20.1. The summed E-state index contributed by atoms with van der Waals surface area (Å²) in [5.74, 6) is -1.21. The molecule has 1 N–H and O–H groups in total. The third-order valence-corrected chi connectivity index (χ3v) is 7.12. The second kappa shape index (κ2) is 12.4. The van der Waals surface area contributed by atoms with Crippen molar-refractivity contribution in [3.8, 4) is 0 Å². The molecule has 2 aromatic carbocycles. The van der Waals surface area contributed by atoms with E-state index in [-0.39, 0.29) is 37.7 Å². The van der Waals surface area contributed by atoms with Gasteiger partial charge in [-0.2, -0.15) is 0 Å². The van der Waals surface area contributed by atoms with Crippen molar-refractivity contribution in [3.05, 3.63) is 94.4 Å². The number of piperazine rings is 1. The first-order valence-corrected chi connectivity index (χ1v) is 13.2. The summed E-state index contributed by atoms with van der Waals surface area (Å²) in [4.78, 5) is 45.0. The fourth-order valence-electron chi connectivity index (χ4n) is 5.03. The van der Waals surface area contributed by atoms with E-state index < -0.39 is 17.8 Å². The number of nitrogens with one attached hydrogen (secondary N) is 1. The van der Waals surface area contributed by atoms with E-state index in [1.165, 1.54) is 23.1 Å². The van der Waals surface area contributed by atoms with Crippen LogP contribution < -0.4 is 5.32 Å². The maximum absolute atomic E-state index is 13.7. The quantitative estimate of drug-likeness (QED) is 0.386. The van der Waals surface area contributed by atoms with Gasteiger partial charge >= 0.3 is 12.0 Å². The van der Waals surface area contributed by atoms with Crippen LogP contribution in [0.3, 0.4) is 0 Å². The van der Waals surface area contributed by atoms with Crippen molar-refractivity contribution in [1.82, 2.24) is 20.0 Å². The molecule has 2 atom stereocenters. The third kappa shape index (κ3) is 6.32. The van der Waals surface area contributed by atoms with Crippen molar-refractivity contribution in [3.63, 3.8) is 0 Å². The van der Waals surface area contributed by atoms with Gasteiger partial charge in [-0.1, -0.05) is 35.9 Å². The van der Waals surface area contributed by atoms with E-state index >= 15 is 0 Å². The molecular weight excluding hydrogens is 523 g/mol. The van der Waals surface area contributed by atoms with Crippen LogP contribution in [0.25, 0.3) is 0 Å². The fourth-order valence-corrected chi connectivity index (χ4v) is 5.15. The highest BCUT2D eigenvalue weighted by Gasteiger charge is 2.39. The van der Waals surface area contributed by atoms with Gasteiger partial charge in [0.05, 0.1) is 18.2 Å². The van der Waals surface area contributed by atoms with Crippen LogP contribution in [0.1, 0.15) is 35.8 Å². The Bertz CT molecular complexity index is 1280. The van der Waals surface area contributed by atoms with Gasteiger partial charge in [0.1, 0.15) is 5.82 Å². The number of carbonyl (C=O) groups excluding carboxylic acids is 3. The molecule has 0 aliphatic carbocycles. The summed E-state index contributed by atoms with van der Waals surface area (Å²) >= 11 is 6.08. The van der Waals surface area contributed by atoms with Gasteiger partial charge in [-0.3, -0.25) is 14.6 Å². The maximum atomic E-state index is 13.7. The Labute approximate surface area is 232 Å². The summed E-state index contributed by atoms with van der Waals surface area (Å²) in [7, 11) is 0. The molecule has 2 aromatic rings. The number of amides is 3. The van der Waals surface area contributed by atoms with E-state index in [0.717, 1.165) is 0 Å². The molecule has 39 heavy (non-hydrogen) atoms. The lowest BCUT2D eigenvalue weighted by Crippen LogP contribution is -2.56. The predicted molar refractivity (Wildman–Crippen MR) is 147 cm³/mol. The number of benzene rings is 2. The van der Waals surface area contributed by atoms with Gasteiger partial charge in [0.15, 0.2) is 0 Å². The maximum Gasteiger partial charge on any atom is 0.338 e. The molecule has 0 radical (unpaired) electrons. The Morgan fingerprint density at radius 2 is 1.95 bits per heavy atom. The van der Waals surface area contributed by atoms with Gasteiger partial charge in [-0.05, 0) is 49.7 Å². The lowest BCUT2D eigenvalue weighted by Gasteiger charge is -2.43. The molecule has 0 bridgehead atoms. The molecule has 206 valence electrons. The number of hydrogen-bond acceptors (Lipinski definition) is 5. The Balaban J connectivity index is 1.64. The molecule has 4 rings (SSSR count). The van der Waals surface area contributed by atoms with Gasteiger partial charge in [0.2, 0.25) is 0 Å². The van der Waals surface area contributed by atoms with E-state index in [9.17, 15) is 18.8 Å². The number of halogens is 2. The van der Waals surface area contributed by atoms with Crippen molar-refractivity contribution in [2.24, 2.45) is 0 Å². The van der Waals surface area contributed by atoms with Crippen LogP contribution in [0, 0.1) is 5.82 Å². The first-order chi connectivity index (χ1) is 18.7. The highest BCUT2D eigenvalue weighted by Crippen LogP contribution is 2.33. The molecule has 2 aliphatic rings. The highest BCUT2D eigenvalue weighted by atomic mass is 35.5. The zero-order valence-electron chi connectivity index (χ0n) is 22.0. The van der Waals surface area contributed by atoms with E-state index in [1.54, 1.807) is 48.2 Å². The number of urea groups is 1. The number of nitrogens with zero attached hydrogens (tertiary/aromatic N) is 3. The second-order valence-corrected chi connectivity index (χ2v) is 9.94. The lowest BCUT2D eigenvalue weighted by atomic mass is 9.94. The molecule has 0 spiro atoms. The number of hydrogen-bond donors (Lipinski definition) is 1. The van der Waals surface area contributed by atoms with Crippen LogP contribution in [0.15, 0.2) is 72.5 Å². The molecule has 10 heteroatoms. The SMILES string of the molecule is C=CCN1C(=O)NC(c2ccc(Cl)cc2)C(C(=O)OCC)=C1CN1CCN(C(=O)c2cccc(F)c2)C(C)C1. The Morgan fingerprint density at radius 1 is 1.21 bits per heavy atom. The van der Waals surface area contributed by atoms with Crippen LogP contribution in [0.2, 0.25) is 5.02 Å². The molecule has 0 aromatic heterocycles. The smallest absolute Gasteiger partial charge is 0.338 e. The Hall–Kier alpha value is -3.69. The van der Waals surface area contributed by atoms with Crippen molar-refractivity contribution < 1.29 is 23.5 Å². The first-order valence-electron chi connectivity index (χ1n) is 12.9. The lowest BCUT2D eigenvalue weighted by molar-refractivity contribution is -0.139. The Kier molecular flexibility index (Phi) is 9.04. The zero-order chi connectivity index (χ0) is 28.1. The van der Waals surface area contributed by atoms with Crippen molar-refractivity contribution in [2.75, 3.05) is 39.3 Å². The molecule has 2 heterocycles. The van der Waals surface area contributed by atoms with Gasteiger partial charge < -0.3 is 15.0 Å². The number of ether oxygens (including phenoxy) is 1. The van der Waals surface area contributed by atoms with Crippen molar-refractivity contribution in [2.45, 2.75) is 25.9 Å². The monoisotopic (exact) mass is 554 g/mol. The van der Waals surface area contributed by atoms with Gasteiger partial charge in [-0.15, -0.1) is 6.58 Å². The van der Waals surface area contributed by atoms with Crippen molar-refractivity contribution in [1.29, 1.82) is 0 Å². The molecule has 8 nitrogen and oxygen atoms in total. The van der Waals surface area contributed by atoms with E-state index in [2.05, 4.69) is 16.8 Å². The highest BCUT2D eigenvalue weighted by molar-refractivity contribution is 6.30. The summed E-state index contributed by atoms with van der Waals surface area (Å²) in [6.45, 7) is 9.50. The predicted octanol–water partition coefficient (Wildman–Crippen LogP) is 4.40.